The number of nitrogens with zero attached hydrogens (tertiary/aromatic N) is 2. The first-order valence-corrected chi connectivity index (χ1v) is 10.4. The van der Waals surface area contributed by atoms with Crippen molar-refractivity contribution in [2.45, 2.75) is 58.2 Å². The van der Waals surface area contributed by atoms with Crippen molar-refractivity contribution in [3.05, 3.63) is 35.4 Å². The minimum Gasteiger partial charge on any atom is -0.373 e. The van der Waals surface area contributed by atoms with Gasteiger partial charge in [0.15, 0.2) is 5.96 Å². The molecule has 0 bridgehead atoms. The molecular formula is C22H37IN4O. The minimum absolute atomic E-state index is 0. The standard InChI is InChI=1S/C22H36N4O.HI/c1-18-6-4-12-26(15-18)16-20-9-7-19(8-10-20)14-24-21(23-3)25-17-22(2)11-5-13-27-22;/h7-10,18H,4-6,11-17H2,1-3H3,(H2,23,24,25);1H. The molecule has 2 atom stereocenters. The van der Waals surface area contributed by atoms with E-state index in [2.05, 4.69) is 58.6 Å². The highest BCUT2D eigenvalue weighted by atomic mass is 127. The maximum atomic E-state index is 5.83. The van der Waals surface area contributed by atoms with E-state index in [4.69, 9.17) is 4.74 Å². The molecule has 5 nitrogen and oxygen atoms in total. The molecule has 2 saturated heterocycles. The van der Waals surface area contributed by atoms with Crippen LogP contribution in [0.25, 0.3) is 0 Å². The molecule has 1 aromatic rings. The molecule has 0 aliphatic carbocycles. The SMILES string of the molecule is CN=C(NCc1ccc(CN2CCCC(C)C2)cc1)NCC1(C)CCCO1.I. The Bertz CT molecular complexity index is 613. The van der Waals surface area contributed by atoms with Crippen LogP contribution in [0.15, 0.2) is 29.3 Å². The second-order valence-corrected chi connectivity index (χ2v) is 8.48. The Morgan fingerprint density at radius 1 is 1.21 bits per heavy atom. The van der Waals surface area contributed by atoms with E-state index in [0.29, 0.717) is 0 Å². The van der Waals surface area contributed by atoms with Crippen LogP contribution < -0.4 is 10.6 Å². The third-order valence-electron chi connectivity index (χ3n) is 5.78. The van der Waals surface area contributed by atoms with Crippen LogP contribution in [0, 0.1) is 5.92 Å². The van der Waals surface area contributed by atoms with Crippen molar-refractivity contribution in [3.63, 3.8) is 0 Å². The number of piperidine rings is 1. The summed E-state index contributed by atoms with van der Waals surface area (Å²) < 4.78 is 5.83. The molecule has 2 N–H and O–H groups in total. The van der Waals surface area contributed by atoms with Gasteiger partial charge >= 0.3 is 0 Å². The van der Waals surface area contributed by atoms with E-state index in [-0.39, 0.29) is 29.6 Å². The van der Waals surface area contributed by atoms with Crippen LogP contribution in [0.1, 0.15) is 50.7 Å². The van der Waals surface area contributed by atoms with Crippen LogP contribution in [0.4, 0.5) is 0 Å². The van der Waals surface area contributed by atoms with Crippen LogP contribution >= 0.6 is 24.0 Å². The molecule has 158 valence electrons. The summed E-state index contributed by atoms with van der Waals surface area (Å²) in [5.41, 5.74) is 2.62. The zero-order valence-electron chi connectivity index (χ0n) is 17.7. The Labute approximate surface area is 187 Å². The molecule has 2 aliphatic heterocycles. The van der Waals surface area contributed by atoms with Gasteiger partial charge < -0.3 is 15.4 Å². The molecule has 3 rings (SSSR count). The van der Waals surface area contributed by atoms with Crippen molar-refractivity contribution >= 4 is 29.9 Å². The number of hydrogen-bond donors (Lipinski definition) is 2. The quantitative estimate of drug-likeness (QED) is 0.355. The van der Waals surface area contributed by atoms with Gasteiger partial charge in [-0.2, -0.15) is 0 Å². The molecule has 2 aliphatic rings. The van der Waals surface area contributed by atoms with Gasteiger partial charge in [-0.1, -0.05) is 31.2 Å². The Morgan fingerprint density at radius 2 is 1.96 bits per heavy atom. The topological polar surface area (TPSA) is 48.9 Å². The van der Waals surface area contributed by atoms with E-state index in [1.54, 1.807) is 0 Å². The third kappa shape index (κ3) is 7.19. The number of likely N-dealkylation sites (tertiary alicyclic amines) is 1. The fourth-order valence-corrected chi connectivity index (χ4v) is 4.10. The zero-order valence-corrected chi connectivity index (χ0v) is 20.0. The lowest BCUT2D eigenvalue weighted by atomic mass is 9.99. The van der Waals surface area contributed by atoms with E-state index in [1.807, 2.05) is 7.05 Å². The smallest absolute Gasteiger partial charge is 0.191 e. The first-order valence-electron chi connectivity index (χ1n) is 10.4. The molecule has 0 saturated carbocycles. The number of rotatable bonds is 6. The number of halogens is 1. The van der Waals surface area contributed by atoms with Gasteiger partial charge in [0, 0.05) is 39.8 Å². The fraction of sp³-hybridized carbons (Fsp3) is 0.682. The molecule has 1 aromatic carbocycles. The summed E-state index contributed by atoms with van der Waals surface area (Å²) in [6.45, 7) is 10.5. The first-order chi connectivity index (χ1) is 13.1. The molecule has 0 spiro atoms. The average Bonchev–Trinajstić information content (AvgIpc) is 3.10. The summed E-state index contributed by atoms with van der Waals surface area (Å²) >= 11 is 0. The van der Waals surface area contributed by atoms with Crippen LogP contribution in [-0.2, 0) is 17.8 Å². The number of guanidine groups is 1. The molecule has 0 radical (unpaired) electrons. The van der Waals surface area contributed by atoms with E-state index in [1.165, 1.54) is 37.1 Å². The lowest BCUT2D eigenvalue weighted by Gasteiger charge is -2.30. The number of ether oxygens (including phenoxy) is 1. The third-order valence-corrected chi connectivity index (χ3v) is 5.78. The second kappa shape index (κ2) is 11.4. The molecule has 0 aromatic heterocycles. The molecule has 2 heterocycles. The van der Waals surface area contributed by atoms with Gasteiger partial charge in [0.1, 0.15) is 0 Å². The normalized spacial score (nSPS) is 26.0. The van der Waals surface area contributed by atoms with Crippen molar-refractivity contribution in [3.8, 4) is 0 Å². The summed E-state index contributed by atoms with van der Waals surface area (Å²) in [5.74, 6) is 1.66. The van der Waals surface area contributed by atoms with Gasteiger partial charge in [-0.05, 0) is 56.2 Å². The van der Waals surface area contributed by atoms with Gasteiger partial charge in [-0.15, -0.1) is 24.0 Å². The van der Waals surface area contributed by atoms with Crippen molar-refractivity contribution in [2.75, 3.05) is 33.3 Å². The number of benzene rings is 1. The summed E-state index contributed by atoms with van der Waals surface area (Å²) in [4.78, 5) is 6.91. The summed E-state index contributed by atoms with van der Waals surface area (Å²) in [6, 6.07) is 8.98. The Morgan fingerprint density at radius 3 is 2.61 bits per heavy atom. The molecule has 2 fully saturated rings. The van der Waals surface area contributed by atoms with Gasteiger partial charge in [0.25, 0.3) is 0 Å². The van der Waals surface area contributed by atoms with Crippen LogP contribution in [0.5, 0.6) is 0 Å². The largest absolute Gasteiger partial charge is 0.373 e. The highest BCUT2D eigenvalue weighted by Crippen LogP contribution is 2.23. The second-order valence-electron chi connectivity index (χ2n) is 8.48. The Kier molecular flexibility index (Phi) is 9.50. The van der Waals surface area contributed by atoms with Gasteiger partial charge in [-0.25, -0.2) is 0 Å². The number of nitrogens with one attached hydrogen (secondary N) is 2. The maximum Gasteiger partial charge on any atom is 0.191 e. The van der Waals surface area contributed by atoms with Crippen molar-refractivity contribution < 1.29 is 4.74 Å². The molecule has 0 amide bonds. The van der Waals surface area contributed by atoms with Gasteiger partial charge in [0.05, 0.1) is 5.60 Å². The fourth-order valence-electron chi connectivity index (χ4n) is 4.10. The highest BCUT2D eigenvalue weighted by molar-refractivity contribution is 14.0. The van der Waals surface area contributed by atoms with E-state index in [9.17, 15) is 0 Å². The van der Waals surface area contributed by atoms with E-state index in [0.717, 1.165) is 51.0 Å². The van der Waals surface area contributed by atoms with Crippen molar-refractivity contribution in [2.24, 2.45) is 10.9 Å². The van der Waals surface area contributed by atoms with E-state index >= 15 is 0 Å². The van der Waals surface area contributed by atoms with Crippen LogP contribution in [0.2, 0.25) is 0 Å². The monoisotopic (exact) mass is 500 g/mol. The lowest BCUT2D eigenvalue weighted by Crippen LogP contribution is -2.45. The Balaban J connectivity index is 0.00000280. The van der Waals surface area contributed by atoms with Crippen LogP contribution in [0.3, 0.4) is 0 Å². The van der Waals surface area contributed by atoms with Crippen molar-refractivity contribution in [1.29, 1.82) is 0 Å². The number of aliphatic imine (C=N–C) groups is 1. The zero-order chi connectivity index (χ0) is 19.1. The molecule has 28 heavy (non-hydrogen) atoms. The lowest BCUT2D eigenvalue weighted by molar-refractivity contribution is 0.0243. The Hall–Kier alpha value is -0.860. The summed E-state index contributed by atoms with van der Waals surface area (Å²) in [5, 5.41) is 6.81. The average molecular weight is 500 g/mol. The molecule has 6 heteroatoms. The first kappa shape index (κ1) is 23.4. The van der Waals surface area contributed by atoms with E-state index < -0.39 is 0 Å². The van der Waals surface area contributed by atoms with Crippen LogP contribution in [-0.4, -0.2) is 49.7 Å². The van der Waals surface area contributed by atoms with Gasteiger partial charge in [-0.3, -0.25) is 9.89 Å². The minimum atomic E-state index is -0.0643. The van der Waals surface area contributed by atoms with Crippen molar-refractivity contribution in [1.82, 2.24) is 15.5 Å². The summed E-state index contributed by atoms with van der Waals surface area (Å²) in [6.07, 6.45) is 4.96. The highest BCUT2D eigenvalue weighted by Gasteiger charge is 2.29. The molecular weight excluding hydrogens is 463 g/mol. The molecule has 2 unspecified atom stereocenters. The predicted octanol–water partition coefficient (Wildman–Crippen LogP) is 3.77. The maximum absolute atomic E-state index is 5.83. The summed E-state index contributed by atoms with van der Waals surface area (Å²) in [7, 11) is 1.82. The van der Waals surface area contributed by atoms with Gasteiger partial charge in [0.2, 0.25) is 0 Å². The number of hydrogen-bond acceptors (Lipinski definition) is 3. The predicted molar refractivity (Wildman–Crippen MR) is 127 cm³/mol.